The minimum Gasteiger partial charge on any atom is -0.393 e. The van der Waals surface area contributed by atoms with E-state index in [1.807, 2.05) is 56.3 Å². The van der Waals surface area contributed by atoms with E-state index in [9.17, 15) is 19.5 Å². The molecule has 0 aromatic heterocycles. The maximum atomic E-state index is 14.3. The molecule has 4 N–H and O–H groups in total. The van der Waals surface area contributed by atoms with Crippen molar-refractivity contribution in [2.24, 2.45) is 29.1 Å². The van der Waals surface area contributed by atoms with Crippen LogP contribution in [0.25, 0.3) is 11.1 Å². The largest absolute Gasteiger partial charge is 0.393 e. The van der Waals surface area contributed by atoms with Crippen LogP contribution in [0, 0.1) is 36.0 Å². The predicted molar refractivity (Wildman–Crippen MR) is 183 cm³/mol. The van der Waals surface area contributed by atoms with Crippen LogP contribution in [0.2, 0.25) is 0 Å². The van der Waals surface area contributed by atoms with Gasteiger partial charge in [0, 0.05) is 57.8 Å². The molecule has 4 fully saturated rings. The van der Waals surface area contributed by atoms with Crippen molar-refractivity contribution in [1.82, 2.24) is 21.0 Å². The molecule has 6 rings (SSSR count). The number of anilines is 1. The van der Waals surface area contributed by atoms with Crippen molar-refractivity contribution < 1.29 is 24.3 Å². The second kappa shape index (κ2) is 13.6. The van der Waals surface area contributed by atoms with Crippen LogP contribution in [-0.4, -0.2) is 79.9 Å². The number of hydrogen-bond acceptors (Lipinski definition) is 7. The van der Waals surface area contributed by atoms with Crippen LogP contribution < -0.4 is 20.9 Å². The molecular weight excluding hydrogens is 594 g/mol. The van der Waals surface area contributed by atoms with Crippen LogP contribution in [0.15, 0.2) is 36.4 Å². The fourth-order valence-electron chi connectivity index (χ4n) is 8.38. The van der Waals surface area contributed by atoms with E-state index in [-0.39, 0.29) is 30.3 Å². The lowest BCUT2D eigenvalue weighted by atomic mass is 9.45. The topological polar surface area (TPSA) is 123 Å². The molecule has 4 aliphatic rings. The Balaban J connectivity index is 1.46. The Kier molecular flexibility index (Phi) is 10.1. The number of benzene rings is 2. The van der Waals surface area contributed by atoms with Gasteiger partial charge in [-0.15, -0.1) is 0 Å². The fraction of sp³-hybridized carbons (Fsp3) is 0.595. The Bertz CT molecular complexity index is 1510. The maximum Gasteiger partial charge on any atom is 0.251 e. The summed E-state index contributed by atoms with van der Waals surface area (Å²) in [7, 11) is 5.51. The van der Waals surface area contributed by atoms with E-state index >= 15 is 0 Å². The molecule has 0 spiro atoms. The van der Waals surface area contributed by atoms with Gasteiger partial charge in [-0.25, -0.2) is 0 Å². The zero-order chi connectivity index (χ0) is 34.4. The SMILES string of the molecule is CNC(=O)c1cc(-c2cccc(CN3O[C@@H](CNC(C)=O)[C@@H]([C@H](C)O)[C@H]3C(=O)N[C@H]3C[C@@H]4C[C@H]([C@@H]3C)C4(C)C)c2C)cc(N(C)C)c1. The molecule has 10 nitrogen and oxygen atoms in total. The van der Waals surface area contributed by atoms with E-state index in [2.05, 4.69) is 42.8 Å². The Morgan fingerprint density at radius 1 is 1.15 bits per heavy atom. The smallest absolute Gasteiger partial charge is 0.251 e. The summed E-state index contributed by atoms with van der Waals surface area (Å²) in [5, 5.41) is 21.7. The number of nitrogens with one attached hydrogen (secondary N) is 3. The zero-order valence-electron chi connectivity index (χ0n) is 29.4. The van der Waals surface area contributed by atoms with Crippen LogP contribution in [0.1, 0.15) is 68.9 Å². The average Bonchev–Trinajstić information content (AvgIpc) is 3.39. The van der Waals surface area contributed by atoms with E-state index in [0.29, 0.717) is 35.3 Å². The Hall–Kier alpha value is -3.47. The molecule has 10 heteroatoms. The molecule has 0 radical (unpaired) electrons. The first-order valence-electron chi connectivity index (χ1n) is 16.9. The molecule has 1 heterocycles. The fourth-order valence-corrected chi connectivity index (χ4v) is 8.38. The van der Waals surface area contributed by atoms with Crippen LogP contribution in [0.5, 0.6) is 0 Å². The number of carbonyl (C=O) groups is 3. The summed E-state index contributed by atoms with van der Waals surface area (Å²) in [4.78, 5) is 47.2. The number of carbonyl (C=O) groups excluding carboxylic acids is 3. The Labute approximate surface area is 279 Å². The number of aliphatic hydroxyl groups is 1. The van der Waals surface area contributed by atoms with Gasteiger partial charge in [0.05, 0.1) is 12.6 Å². The first-order valence-corrected chi connectivity index (χ1v) is 16.9. The lowest BCUT2D eigenvalue weighted by molar-refractivity contribution is -0.177. The molecule has 1 aliphatic heterocycles. The van der Waals surface area contributed by atoms with Crippen LogP contribution >= 0.6 is 0 Å². The standard InChI is InChI=1S/C37H53N5O5/c1-20-24(11-10-12-29(20)25-13-26(35(45)38-7)15-28(14-25)41(8)9)19-42-34(33(22(3)43)32(47-42)18-39-23(4)44)36(46)40-31-17-27-16-30(21(31)2)37(27,5)6/h10-15,21-22,27,30-34,43H,16-19H2,1-9H3,(H,38,45)(H,39,44)(H,40,46)/t21-,22-,27-,30+,31-,32-,33+,34-/m0/s1. The predicted octanol–water partition coefficient (Wildman–Crippen LogP) is 3.89. The molecular formula is C37H53N5O5. The summed E-state index contributed by atoms with van der Waals surface area (Å²) in [6, 6.07) is 11.2. The Morgan fingerprint density at radius 3 is 2.47 bits per heavy atom. The van der Waals surface area contributed by atoms with Crippen molar-refractivity contribution >= 4 is 23.4 Å². The molecule has 2 aromatic carbocycles. The third-order valence-corrected chi connectivity index (χ3v) is 11.4. The number of fused-ring (bicyclic) bond motifs is 2. The number of aliphatic hydroxyl groups excluding tert-OH is 1. The minimum absolute atomic E-state index is 0.0636. The van der Waals surface area contributed by atoms with E-state index in [1.54, 1.807) is 19.0 Å². The van der Waals surface area contributed by atoms with Crippen molar-refractivity contribution in [3.05, 3.63) is 53.1 Å². The lowest BCUT2D eigenvalue weighted by Crippen LogP contribution is -2.62. The summed E-state index contributed by atoms with van der Waals surface area (Å²) >= 11 is 0. The Morgan fingerprint density at radius 2 is 1.87 bits per heavy atom. The van der Waals surface area contributed by atoms with Gasteiger partial charge in [-0.2, -0.15) is 5.06 Å². The highest BCUT2D eigenvalue weighted by atomic mass is 16.7. The van der Waals surface area contributed by atoms with Crippen LogP contribution in [0.4, 0.5) is 5.69 Å². The molecule has 47 heavy (non-hydrogen) atoms. The normalized spacial score (nSPS) is 28.6. The molecule has 2 aromatic rings. The van der Waals surface area contributed by atoms with Crippen molar-refractivity contribution in [3.8, 4) is 11.1 Å². The summed E-state index contributed by atoms with van der Waals surface area (Å²) in [5.74, 6) is 0.446. The minimum atomic E-state index is -0.852. The molecule has 8 atom stereocenters. The van der Waals surface area contributed by atoms with Crippen molar-refractivity contribution in [3.63, 3.8) is 0 Å². The molecule has 2 bridgehead atoms. The van der Waals surface area contributed by atoms with Gasteiger partial charge in [0.2, 0.25) is 11.8 Å². The molecule has 3 aliphatic carbocycles. The average molecular weight is 648 g/mol. The summed E-state index contributed by atoms with van der Waals surface area (Å²) < 4.78 is 0. The second-order valence-corrected chi connectivity index (χ2v) is 14.8. The quantitative estimate of drug-likeness (QED) is 0.309. The molecule has 3 amide bonds. The lowest BCUT2D eigenvalue weighted by Gasteiger charge is -2.62. The highest BCUT2D eigenvalue weighted by Crippen LogP contribution is 2.61. The van der Waals surface area contributed by atoms with Gasteiger partial charge in [-0.05, 0) is 90.3 Å². The van der Waals surface area contributed by atoms with Gasteiger partial charge in [0.1, 0.15) is 12.1 Å². The van der Waals surface area contributed by atoms with Gasteiger partial charge in [-0.3, -0.25) is 19.2 Å². The first kappa shape index (κ1) is 34.9. The summed E-state index contributed by atoms with van der Waals surface area (Å²) in [5.41, 5.74) is 5.59. The highest BCUT2D eigenvalue weighted by Gasteiger charge is 2.57. The van der Waals surface area contributed by atoms with Crippen LogP contribution in [0.3, 0.4) is 0 Å². The molecule has 1 saturated heterocycles. The highest BCUT2D eigenvalue weighted by molar-refractivity contribution is 5.96. The van der Waals surface area contributed by atoms with Gasteiger partial charge in [0.15, 0.2) is 0 Å². The summed E-state index contributed by atoms with van der Waals surface area (Å²) in [6.45, 7) is 12.6. The van der Waals surface area contributed by atoms with E-state index in [4.69, 9.17) is 4.84 Å². The number of hydrogen-bond donors (Lipinski definition) is 4. The third-order valence-electron chi connectivity index (χ3n) is 11.4. The monoisotopic (exact) mass is 647 g/mol. The molecule has 0 unspecified atom stereocenters. The zero-order valence-corrected chi connectivity index (χ0v) is 29.4. The second-order valence-electron chi connectivity index (χ2n) is 14.8. The number of nitrogens with zero attached hydrogens (tertiary/aromatic N) is 2. The van der Waals surface area contributed by atoms with E-state index in [1.165, 1.54) is 13.3 Å². The van der Waals surface area contributed by atoms with E-state index in [0.717, 1.165) is 34.4 Å². The van der Waals surface area contributed by atoms with Gasteiger partial charge < -0.3 is 26.0 Å². The molecule has 3 saturated carbocycles. The van der Waals surface area contributed by atoms with Gasteiger partial charge in [0.25, 0.3) is 5.91 Å². The van der Waals surface area contributed by atoms with Crippen molar-refractivity contribution in [2.75, 3.05) is 32.6 Å². The summed E-state index contributed by atoms with van der Waals surface area (Å²) in [6.07, 6.45) is 0.728. The van der Waals surface area contributed by atoms with Crippen molar-refractivity contribution in [1.29, 1.82) is 0 Å². The number of rotatable bonds is 10. The molecule has 256 valence electrons. The van der Waals surface area contributed by atoms with E-state index < -0.39 is 24.2 Å². The van der Waals surface area contributed by atoms with Gasteiger partial charge >= 0.3 is 0 Å². The van der Waals surface area contributed by atoms with Crippen molar-refractivity contribution in [2.45, 2.75) is 85.2 Å². The first-order chi connectivity index (χ1) is 22.1. The number of hydroxylamine groups is 2. The van der Waals surface area contributed by atoms with Gasteiger partial charge in [-0.1, -0.05) is 39.0 Å². The third kappa shape index (κ3) is 6.78. The maximum absolute atomic E-state index is 14.3. The van der Waals surface area contributed by atoms with Crippen LogP contribution in [-0.2, 0) is 21.0 Å². The number of amides is 3.